The van der Waals surface area contributed by atoms with E-state index in [1.807, 2.05) is 25.7 Å². The molecular formula is C17H33N3O2. The molecule has 2 aliphatic heterocycles. The molecule has 1 N–H and O–H groups in total. The summed E-state index contributed by atoms with van der Waals surface area (Å²) in [6, 6.07) is 0.288. The van der Waals surface area contributed by atoms with Crippen LogP contribution in [0.2, 0.25) is 0 Å². The molecule has 0 saturated carbocycles. The second kappa shape index (κ2) is 8.16. The molecule has 0 radical (unpaired) electrons. The van der Waals surface area contributed by atoms with Crippen LogP contribution in [0, 0.1) is 0 Å². The highest BCUT2D eigenvalue weighted by atomic mass is 16.6. The van der Waals surface area contributed by atoms with E-state index in [4.69, 9.17) is 4.74 Å². The summed E-state index contributed by atoms with van der Waals surface area (Å²) in [7, 11) is 0. The van der Waals surface area contributed by atoms with Crippen molar-refractivity contribution in [3.63, 3.8) is 0 Å². The van der Waals surface area contributed by atoms with Crippen molar-refractivity contribution >= 4 is 6.09 Å². The highest BCUT2D eigenvalue weighted by Gasteiger charge is 2.31. The van der Waals surface area contributed by atoms with Gasteiger partial charge in [-0.25, -0.2) is 4.79 Å². The van der Waals surface area contributed by atoms with Gasteiger partial charge >= 0.3 is 6.09 Å². The minimum Gasteiger partial charge on any atom is -0.444 e. The Morgan fingerprint density at radius 3 is 2.55 bits per heavy atom. The van der Waals surface area contributed by atoms with E-state index in [0.717, 1.165) is 39.0 Å². The molecule has 2 fully saturated rings. The first-order valence-corrected chi connectivity index (χ1v) is 8.88. The molecule has 0 spiro atoms. The average Bonchev–Trinajstić information content (AvgIpc) is 2.91. The van der Waals surface area contributed by atoms with Crippen molar-refractivity contribution in [2.75, 3.05) is 39.3 Å². The van der Waals surface area contributed by atoms with Crippen molar-refractivity contribution in [2.45, 2.75) is 64.5 Å². The Morgan fingerprint density at radius 2 is 1.86 bits per heavy atom. The minimum absolute atomic E-state index is 0.159. The normalized spacial score (nSPS) is 23.8. The number of nitrogens with one attached hydrogen (secondary N) is 1. The number of rotatable bonds is 5. The number of carbonyl (C=O) groups is 1. The van der Waals surface area contributed by atoms with Gasteiger partial charge in [0, 0.05) is 32.2 Å². The van der Waals surface area contributed by atoms with E-state index in [-0.39, 0.29) is 12.1 Å². The number of ether oxygens (including phenoxy) is 1. The van der Waals surface area contributed by atoms with Crippen molar-refractivity contribution < 1.29 is 9.53 Å². The second-order valence-corrected chi connectivity index (χ2v) is 7.58. The number of nitrogens with zero attached hydrogens (tertiary/aromatic N) is 2. The zero-order valence-corrected chi connectivity index (χ0v) is 14.6. The van der Waals surface area contributed by atoms with E-state index in [1.54, 1.807) is 0 Å². The van der Waals surface area contributed by atoms with Gasteiger partial charge in [0.1, 0.15) is 5.60 Å². The lowest BCUT2D eigenvalue weighted by molar-refractivity contribution is 0.0226. The molecular weight excluding hydrogens is 278 g/mol. The molecule has 0 aliphatic carbocycles. The first-order chi connectivity index (χ1) is 10.5. The van der Waals surface area contributed by atoms with Crippen LogP contribution in [0.25, 0.3) is 0 Å². The molecule has 1 atom stereocenters. The van der Waals surface area contributed by atoms with Crippen molar-refractivity contribution in [1.29, 1.82) is 0 Å². The lowest BCUT2D eigenvalue weighted by Crippen LogP contribution is -2.45. The van der Waals surface area contributed by atoms with Crippen molar-refractivity contribution in [1.82, 2.24) is 15.1 Å². The molecule has 128 valence electrons. The second-order valence-electron chi connectivity index (χ2n) is 7.58. The van der Waals surface area contributed by atoms with E-state index in [2.05, 4.69) is 10.2 Å². The van der Waals surface area contributed by atoms with Gasteiger partial charge in [-0.05, 0) is 59.5 Å². The lowest BCUT2D eigenvalue weighted by atomic mass is 10.1. The maximum atomic E-state index is 12.2. The topological polar surface area (TPSA) is 44.8 Å². The van der Waals surface area contributed by atoms with Crippen molar-refractivity contribution in [3.05, 3.63) is 0 Å². The van der Waals surface area contributed by atoms with E-state index in [9.17, 15) is 4.79 Å². The van der Waals surface area contributed by atoms with Gasteiger partial charge in [0.15, 0.2) is 0 Å². The molecule has 22 heavy (non-hydrogen) atoms. The molecule has 2 heterocycles. The van der Waals surface area contributed by atoms with Crippen LogP contribution in [0.3, 0.4) is 0 Å². The molecule has 2 saturated heterocycles. The fraction of sp³-hybridized carbons (Fsp3) is 0.941. The predicted octanol–water partition coefficient (Wildman–Crippen LogP) is 2.46. The van der Waals surface area contributed by atoms with Crippen LogP contribution >= 0.6 is 0 Å². The number of amides is 1. The van der Waals surface area contributed by atoms with Crippen molar-refractivity contribution in [2.24, 2.45) is 0 Å². The minimum atomic E-state index is -0.411. The molecule has 5 nitrogen and oxygen atoms in total. The van der Waals surface area contributed by atoms with Gasteiger partial charge < -0.3 is 19.9 Å². The van der Waals surface area contributed by atoms with E-state index < -0.39 is 5.60 Å². The first-order valence-electron chi connectivity index (χ1n) is 8.88. The fourth-order valence-corrected chi connectivity index (χ4v) is 3.30. The molecule has 0 bridgehead atoms. The first kappa shape index (κ1) is 17.5. The third-order valence-electron chi connectivity index (χ3n) is 4.44. The van der Waals surface area contributed by atoms with Gasteiger partial charge in [-0.15, -0.1) is 0 Å². The molecule has 1 unspecified atom stereocenters. The lowest BCUT2D eigenvalue weighted by Gasteiger charge is -2.29. The zero-order valence-electron chi connectivity index (χ0n) is 14.6. The maximum Gasteiger partial charge on any atom is 0.410 e. The van der Waals surface area contributed by atoms with Crippen LogP contribution in [0.1, 0.15) is 52.9 Å². The van der Waals surface area contributed by atoms with Crippen LogP contribution in [-0.4, -0.2) is 66.8 Å². The third kappa shape index (κ3) is 5.76. The Balaban J connectivity index is 1.66. The number of likely N-dealkylation sites (tertiary alicyclic amines) is 2. The largest absolute Gasteiger partial charge is 0.444 e. The summed E-state index contributed by atoms with van der Waals surface area (Å²) in [6.45, 7) is 12.1. The summed E-state index contributed by atoms with van der Waals surface area (Å²) in [6.07, 6.45) is 6.07. The Labute approximate surface area is 135 Å². The molecule has 5 heteroatoms. The fourth-order valence-electron chi connectivity index (χ4n) is 3.30. The average molecular weight is 311 g/mol. The van der Waals surface area contributed by atoms with Crippen LogP contribution in [0.15, 0.2) is 0 Å². The van der Waals surface area contributed by atoms with Crippen molar-refractivity contribution in [3.8, 4) is 0 Å². The monoisotopic (exact) mass is 311 g/mol. The van der Waals surface area contributed by atoms with Gasteiger partial charge in [0.25, 0.3) is 0 Å². The van der Waals surface area contributed by atoms with E-state index in [1.165, 1.54) is 32.4 Å². The Bertz CT molecular complexity index is 348. The summed E-state index contributed by atoms with van der Waals surface area (Å²) in [5.74, 6) is 0. The Kier molecular flexibility index (Phi) is 6.50. The molecule has 2 aliphatic rings. The zero-order chi connectivity index (χ0) is 16.0. The van der Waals surface area contributed by atoms with E-state index in [0.29, 0.717) is 0 Å². The SMILES string of the molecule is CC(C)(C)OC(=O)N1CCCC1CNCCN1CCCCC1. The molecule has 2 rings (SSSR count). The van der Waals surface area contributed by atoms with Gasteiger partial charge in [-0.1, -0.05) is 6.42 Å². The standard InChI is InChI=1S/C17H33N3O2/c1-17(2,3)22-16(21)20-12-7-8-15(20)14-18-9-13-19-10-5-4-6-11-19/h15,18H,4-14H2,1-3H3. The van der Waals surface area contributed by atoms with Gasteiger partial charge in [-0.2, -0.15) is 0 Å². The summed E-state index contributed by atoms with van der Waals surface area (Å²) >= 11 is 0. The number of hydrogen-bond donors (Lipinski definition) is 1. The molecule has 0 aromatic rings. The molecule has 1 amide bonds. The highest BCUT2D eigenvalue weighted by Crippen LogP contribution is 2.20. The Morgan fingerprint density at radius 1 is 1.14 bits per heavy atom. The highest BCUT2D eigenvalue weighted by molar-refractivity contribution is 5.69. The molecule has 0 aromatic heterocycles. The third-order valence-corrected chi connectivity index (χ3v) is 4.44. The summed E-state index contributed by atoms with van der Waals surface area (Å²) in [5, 5.41) is 3.53. The van der Waals surface area contributed by atoms with Gasteiger partial charge in [0.2, 0.25) is 0 Å². The number of hydrogen-bond acceptors (Lipinski definition) is 4. The van der Waals surface area contributed by atoms with Gasteiger partial charge in [0.05, 0.1) is 0 Å². The van der Waals surface area contributed by atoms with Crippen LogP contribution < -0.4 is 5.32 Å². The maximum absolute atomic E-state index is 12.2. The number of carbonyl (C=O) groups excluding carboxylic acids is 1. The quantitative estimate of drug-likeness (QED) is 0.792. The predicted molar refractivity (Wildman–Crippen MR) is 89.1 cm³/mol. The summed E-state index contributed by atoms with van der Waals surface area (Å²) < 4.78 is 5.50. The summed E-state index contributed by atoms with van der Waals surface area (Å²) in [4.78, 5) is 16.7. The van der Waals surface area contributed by atoms with Crippen LogP contribution in [0.5, 0.6) is 0 Å². The summed E-state index contributed by atoms with van der Waals surface area (Å²) in [5.41, 5.74) is -0.411. The Hall–Kier alpha value is -0.810. The van der Waals surface area contributed by atoms with Gasteiger partial charge in [-0.3, -0.25) is 0 Å². The van der Waals surface area contributed by atoms with Crippen LogP contribution in [0.4, 0.5) is 4.79 Å². The van der Waals surface area contributed by atoms with Crippen LogP contribution in [-0.2, 0) is 4.74 Å². The number of piperidine rings is 1. The smallest absolute Gasteiger partial charge is 0.410 e. The van der Waals surface area contributed by atoms with E-state index >= 15 is 0 Å². The molecule has 0 aromatic carbocycles.